The standard InChI is InChI=1S/C10H17NO3S/c1-2-3-8-11-9-7(13)4-6(5-12)14-10(9)15-8/h6-7,9-10,12-13H,2-5H2,1H3. The molecule has 4 unspecified atom stereocenters. The summed E-state index contributed by atoms with van der Waals surface area (Å²) in [5.41, 5.74) is -0.0903. The van der Waals surface area contributed by atoms with Gasteiger partial charge in [-0.15, -0.1) is 0 Å². The van der Waals surface area contributed by atoms with Gasteiger partial charge in [0.1, 0.15) is 11.5 Å². The second kappa shape index (κ2) is 4.82. The molecule has 0 radical (unpaired) electrons. The van der Waals surface area contributed by atoms with Crippen LogP contribution >= 0.6 is 11.8 Å². The van der Waals surface area contributed by atoms with Crippen molar-refractivity contribution in [1.29, 1.82) is 0 Å². The Hall–Kier alpha value is -0.100. The van der Waals surface area contributed by atoms with E-state index in [1.165, 1.54) is 0 Å². The van der Waals surface area contributed by atoms with Gasteiger partial charge in [-0.25, -0.2) is 0 Å². The van der Waals surface area contributed by atoms with Crippen molar-refractivity contribution >= 4 is 16.8 Å². The maximum Gasteiger partial charge on any atom is 0.134 e. The molecule has 86 valence electrons. The summed E-state index contributed by atoms with van der Waals surface area (Å²) in [5.74, 6) is 0. The van der Waals surface area contributed by atoms with E-state index in [4.69, 9.17) is 9.84 Å². The lowest BCUT2D eigenvalue weighted by molar-refractivity contribution is -0.0875. The van der Waals surface area contributed by atoms with Gasteiger partial charge in [0.25, 0.3) is 0 Å². The lowest BCUT2D eigenvalue weighted by atomic mass is 10.0. The Bertz CT molecular complexity index is 259. The molecular formula is C10H17NO3S. The van der Waals surface area contributed by atoms with E-state index < -0.39 is 6.10 Å². The number of thioether (sulfide) groups is 1. The van der Waals surface area contributed by atoms with Crippen LogP contribution in [-0.2, 0) is 4.74 Å². The molecule has 0 aromatic heterocycles. The van der Waals surface area contributed by atoms with E-state index in [0.29, 0.717) is 6.42 Å². The van der Waals surface area contributed by atoms with Gasteiger partial charge in [0.2, 0.25) is 0 Å². The summed E-state index contributed by atoms with van der Waals surface area (Å²) in [6.07, 6.45) is 1.80. The van der Waals surface area contributed by atoms with E-state index >= 15 is 0 Å². The molecule has 1 saturated heterocycles. The van der Waals surface area contributed by atoms with Crippen LogP contribution in [0, 0.1) is 0 Å². The zero-order valence-corrected chi connectivity index (χ0v) is 9.61. The largest absolute Gasteiger partial charge is 0.394 e. The highest BCUT2D eigenvalue weighted by Gasteiger charge is 2.42. The first-order valence-electron chi connectivity index (χ1n) is 5.42. The average Bonchev–Trinajstić information content (AvgIpc) is 2.61. The zero-order valence-electron chi connectivity index (χ0n) is 8.80. The van der Waals surface area contributed by atoms with E-state index in [0.717, 1.165) is 17.9 Å². The number of nitrogens with zero attached hydrogens (tertiary/aromatic N) is 1. The fourth-order valence-corrected chi connectivity index (χ4v) is 3.31. The number of ether oxygens (including phenoxy) is 1. The quantitative estimate of drug-likeness (QED) is 0.753. The molecule has 4 nitrogen and oxygen atoms in total. The van der Waals surface area contributed by atoms with Crippen molar-refractivity contribution in [2.45, 2.75) is 49.9 Å². The van der Waals surface area contributed by atoms with Crippen LogP contribution in [0.4, 0.5) is 0 Å². The monoisotopic (exact) mass is 231 g/mol. The Morgan fingerprint density at radius 2 is 2.40 bits per heavy atom. The van der Waals surface area contributed by atoms with Gasteiger partial charge >= 0.3 is 0 Å². The lowest BCUT2D eigenvalue weighted by Crippen LogP contribution is -2.45. The first-order chi connectivity index (χ1) is 7.24. The van der Waals surface area contributed by atoms with Crippen LogP contribution in [0.15, 0.2) is 4.99 Å². The highest BCUT2D eigenvalue weighted by atomic mass is 32.2. The van der Waals surface area contributed by atoms with Crippen LogP contribution in [0.3, 0.4) is 0 Å². The first kappa shape index (κ1) is 11.4. The van der Waals surface area contributed by atoms with Gasteiger partial charge in [0, 0.05) is 6.42 Å². The Labute approximate surface area is 93.7 Å². The summed E-state index contributed by atoms with van der Waals surface area (Å²) < 4.78 is 5.64. The van der Waals surface area contributed by atoms with Crippen LogP contribution in [-0.4, -0.2) is 45.5 Å². The van der Waals surface area contributed by atoms with Crippen molar-refractivity contribution in [3.05, 3.63) is 0 Å². The predicted molar refractivity (Wildman–Crippen MR) is 60.1 cm³/mol. The van der Waals surface area contributed by atoms with Crippen molar-refractivity contribution in [3.8, 4) is 0 Å². The first-order valence-corrected chi connectivity index (χ1v) is 6.30. The number of aliphatic hydroxyl groups is 2. The van der Waals surface area contributed by atoms with Crippen LogP contribution in [0.2, 0.25) is 0 Å². The Morgan fingerprint density at radius 3 is 3.07 bits per heavy atom. The molecule has 15 heavy (non-hydrogen) atoms. The minimum atomic E-state index is -0.470. The number of rotatable bonds is 3. The molecule has 5 heteroatoms. The van der Waals surface area contributed by atoms with Crippen molar-refractivity contribution in [3.63, 3.8) is 0 Å². The SMILES string of the molecule is CCCC1=NC2C(O)CC(CO)OC2S1. The molecule has 0 aromatic rings. The van der Waals surface area contributed by atoms with E-state index in [9.17, 15) is 5.11 Å². The fourth-order valence-electron chi connectivity index (χ4n) is 1.95. The highest BCUT2D eigenvalue weighted by Crippen LogP contribution is 2.37. The van der Waals surface area contributed by atoms with Crippen LogP contribution in [0.1, 0.15) is 26.2 Å². The van der Waals surface area contributed by atoms with Gasteiger partial charge in [0.05, 0.1) is 23.9 Å². The second-order valence-corrected chi connectivity index (χ2v) is 5.16. The molecule has 0 aliphatic carbocycles. The molecule has 2 heterocycles. The minimum absolute atomic E-state index is 0.0239. The molecule has 0 aromatic carbocycles. The topological polar surface area (TPSA) is 62.1 Å². The number of fused-ring (bicyclic) bond motifs is 1. The molecule has 2 aliphatic heterocycles. The highest BCUT2D eigenvalue weighted by molar-refractivity contribution is 8.14. The zero-order chi connectivity index (χ0) is 10.8. The van der Waals surface area contributed by atoms with Crippen molar-refractivity contribution < 1.29 is 14.9 Å². The van der Waals surface area contributed by atoms with Crippen LogP contribution in [0.5, 0.6) is 0 Å². The molecule has 0 bridgehead atoms. The third kappa shape index (κ3) is 2.36. The molecule has 2 rings (SSSR count). The fraction of sp³-hybridized carbons (Fsp3) is 0.900. The Balaban J connectivity index is 2.00. The van der Waals surface area contributed by atoms with E-state index in [2.05, 4.69) is 11.9 Å². The van der Waals surface area contributed by atoms with E-state index in [1.54, 1.807) is 11.8 Å². The summed E-state index contributed by atoms with van der Waals surface area (Å²) in [7, 11) is 0. The maximum atomic E-state index is 9.86. The molecule has 2 N–H and O–H groups in total. The molecular weight excluding hydrogens is 214 g/mol. The molecule has 0 amide bonds. The third-order valence-corrected chi connectivity index (χ3v) is 3.92. The van der Waals surface area contributed by atoms with E-state index in [-0.39, 0.29) is 24.2 Å². The summed E-state index contributed by atoms with van der Waals surface area (Å²) in [4.78, 5) is 4.47. The lowest BCUT2D eigenvalue weighted by Gasteiger charge is -2.33. The van der Waals surface area contributed by atoms with Gasteiger partial charge in [-0.2, -0.15) is 0 Å². The summed E-state index contributed by atoms with van der Waals surface area (Å²) in [6.45, 7) is 2.09. The predicted octanol–water partition coefficient (Wildman–Crippen LogP) is 0.769. The van der Waals surface area contributed by atoms with Crippen LogP contribution < -0.4 is 0 Å². The van der Waals surface area contributed by atoms with E-state index in [1.807, 2.05) is 0 Å². The van der Waals surface area contributed by atoms with Gasteiger partial charge < -0.3 is 14.9 Å². The third-order valence-electron chi connectivity index (χ3n) is 2.72. The number of aliphatic imine (C=N–C) groups is 1. The normalized spacial score (nSPS) is 40.1. The smallest absolute Gasteiger partial charge is 0.134 e. The number of hydrogen-bond donors (Lipinski definition) is 2. The Kier molecular flexibility index (Phi) is 3.66. The van der Waals surface area contributed by atoms with Crippen LogP contribution in [0.25, 0.3) is 0 Å². The Morgan fingerprint density at radius 1 is 1.60 bits per heavy atom. The van der Waals surface area contributed by atoms with Crippen molar-refractivity contribution in [1.82, 2.24) is 0 Å². The molecule has 0 saturated carbocycles. The maximum absolute atomic E-state index is 9.86. The average molecular weight is 231 g/mol. The van der Waals surface area contributed by atoms with Crippen molar-refractivity contribution in [2.24, 2.45) is 4.99 Å². The van der Waals surface area contributed by atoms with Gasteiger partial charge in [-0.1, -0.05) is 25.1 Å². The molecule has 2 aliphatic rings. The summed E-state index contributed by atoms with van der Waals surface area (Å²) >= 11 is 1.60. The van der Waals surface area contributed by atoms with Gasteiger partial charge in [-0.05, 0) is 6.42 Å². The number of hydrogen-bond acceptors (Lipinski definition) is 5. The number of aliphatic hydroxyl groups excluding tert-OH is 2. The van der Waals surface area contributed by atoms with Gasteiger partial charge in [-0.3, -0.25) is 4.99 Å². The second-order valence-electron chi connectivity index (χ2n) is 3.99. The molecule has 1 fully saturated rings. The molecule has 0 spiro atoms. The van der Waals surface area contributed by atoms with Gasteiger partial charge in [0.15, 0.2) is 0 Å². The minimum Gasteiger partial charge on any atom is -0.394 e. The summed E-state index contributed by atoms with van der Waals surface area (Å²) in [6, 6.07) is -0.126. The van der Waals surface area contributed by atoms with Crippen molar-refractivity contribution in [2.75, 3.05) is 6.61 Å². The molecule has 4 atom stereocenters. The summed E-state index contributed by atoms with van der Waals surface area (Å²) in [5, 5.41) is 19.9.